The summed E-state index contributed by atoms with van der Waals surface area (Å²) in [4.78, 5) is 18.4. The number of fused-ring (bicyclic) bond motifs is 1. The second-order valence-electron chi connectivity index (χ2n) is 14.1. The molecule has 0 saturated carbocycles. The number of benzene rings is 4. The third-order valence-electron chi connectivity index (χ3n) is 11.0. The number of piperidine rings is 2. The van der Waals surface area contributed by atoms with Crippen LogP contribution in [0.25, 0.3) is 11.2 Å². The van der Waals surface area contributed by atoms with Crippen molar-refractivity contribution in [2.75, 3.05) is 44.2 Å². The van der Waals surface area contributed by atoms with Gasteiger partial charge >= 0.3 is 0 Å². The molecule has 274 valence electrons. The fourth-order valence-corrected chi connectivity index (χ4v) is 7.56. The van der Waals surface area contributed by atoms with Crippen molar-refractivity contribution in [1.82, 2.24) is 25.3 Å². The minimum absolute atomic E-state index is 0.0331. The van der Waals surface area contributed by atoms with E-state index in [9.17, 15) is 0 Å². The number of nitrogens with one attached hydrogen (secondary N) is 2. The molecule has 6 N–H and O–H groups in total. The largest absolute Gasteiger partial charge is 0.489 e. The highest BCUT2D eigenvalue weighted by Crippen LogP contribution is 2.37. The van der Waals surface area contributed by atoms with Gasteiger partial charge in [0.15, 0.2) is 11.5 Å². The van der Waals surface area contributed by atoms with Gasteiger partial charge in [-0.3, -0.25) is 0 Å². The second kappa shape index (κ2) is 17.0. The summed E-state index contributed by atoms with van der Waals surface area (Å²) in [5, 5.41) is 3.41. The summed E-state index contributed by atoms with van der Waals surface area (Å²) in [6, 6.07) is 37.4. The van der Waals surface area contributed by atoms with Gasteiger partial charge in [0.1, 0.15) is 36.6 Å². The van der Waals surface area contributed by atoms with Crippen LogP contribution < -0.4 is 31.2 Å². The molecule has 0 unspecified atom stereocenters. The maximum absolute atomic E-state index is 6.31. The zero-order chi connectivity index (χ0) is 36.4. The Kier molecular flexibility index (Phi) is 11.6. The zero-order valence-corrected chi connectivity index (χ0v) is 30.3. The number of nitrogens with two attached hydrogens (primary N) is 2. The first-order valence-corrected chi connectivity index (χ1v) is 18.6. The Balaban J connectivity index is 0.000000174. The predicted octanol–water partition coefficient (Wildman–Crippen LogP) is 6.27. The second-order valence-corrected chi connectivity index (χ2v) is 14.1. The monoisotopic (exact) mass is 710 g/mol. The molecule has 4 heterocycles. The molecular weight excluding hydrogens is 661 g/mol. The minimum Gasteiger partial charge on any atom is -0.489 e. The average molecular weight is 711 g/mol. The van der Waals surface area contributed by atoms with E-state index in [4.69, 9.17) is 20.9 Å². The van der Waals surface area contributed by atoms with Crippen LogP contribution in [0.2, 0.25) is 0 Å². The van der Waals surface area contributed by atoms with Crippen LogP contribution in [0, 0.1) is 0 Å². The molecule has 2 saturated heterocycles. The molecule has 0 spiro atoms. The van der Waals surface area contributed by atoms with E-state index in [-0.39, 0.29) is 10.8 Å². The SMILES string of the molecule is NCC1(c2ccc(OCc3ccccc3)cc2)CCN(c2ncnc3nc[nH]c23)CC1.NCC1(c2ccc(OCc3ccccc3)cc2)CCNCC1. The van der Waals surface area contributed by atoms with E-state index in [1.54, 1.807) is 12.7 Å². The molecule has 10 heteroatoms. The number of ether oxygens (including phenoxy) is 2. The quantitative estimate of drug-likeness (QED) is 0.122. The summed E-state index contributed by atoms with van der Waals surface area (Å²) in [5.41, 5.74) is 19.0. The van der Waals surface area contributed by atoms with Gasteiger partial charge in [0, 0.05) is 37.0 Å². The van der Waals surface area contributed by atoms with Gasteiger partial charge in [0.2, 0.25) is 0 Å². The number of nitrogens with zero attached hydrogens (tertiary/aromatic N) is 4. The van der Waals surface area contributed by atoms with Crippen molar-refractivity contribution in [3.05, 3.63) is 144 Å². The molecule has 2 fully saturated rings. The molecule has 0 amide bonds. The van der Waals surface area contributed by atoms with E-state index in [1.807, 2.05) is 36.4 Å². The Hall–Kier alpha value is -5.29. The molecule has 10 nitrogen and oxygen atoms in total. The highest BCUT2D eigenvalue weighted by Gasteiger charge is 2.36. The van der Waals surface area contributed by atoms with Crippen LogP contribution in [0.1, 0.15) is 47.9 Å². The summed E-state index contributed by atoms with van der Waals surface area (Å²) in [6.45, 7) is 6.35. The Morgan fingerprint density at radius 1 is 0.604 bits per heavy atom. The number of rotatable bonds is 11. The van der Waals surface area contributed by atoms with Crippen molar-refractivity contribution in [1.29, 1.82) is 0 Å². The molecule has 0 atom stereocenters. The van der Waals surface area contributed by atoms with Crippen molar-refractivity contribution in [2.24, 2.45) is 11.5 Å². The smallest absolute Gasteiger partial charge is 0.182 e. The van der Waals surface area contributed by atoms with Crippen LogP contribution in [-0.4, -0.2) is 59.2 Å². The molecule has 2 aromatic heterocycles. The van der Waals surface area contributed by atoms with Gasteiger partial charge < -0.3 is 36.1 Å². The van der Waals surface area contributed by atoms with E-state index >= 15 is 0 Å². The standard InChI is InChI=1S/C24H26N6O.C19H24N2O/c25-15-24(19-6-8-20(9-7-19)31-14-18-4-2-1-3-5-18)10-12-30(13-11-24)23-21-22(27-16-26-21)28-17-29-23;20-15-19(10-12-21-13-11-19)17-6-8-18(9-7-17)22-14-16-4-2-1-3-5-16/h1-9,16-17H,10-15,25H2,(H,26,27,28,29);1-9,21H,10-15,20H2. The molecule has 4 aromatic carbocycles. The van der Waals surface area contributed by atoms with Gasteiger partial charge in [-0.25, -0.2) is 15.0 Å². The Morgan fingerprint density at radius 2 is 1.11 bits per heavy atom. The van der Waals surface area contributed by atoms with Gasteiger partial charge in [-0.2, -0.15) is 0 Å². The third-order valence-corrected chi connectivity index (χ3v) is 11.0. The number of aromatic nitrogens is 4. The van der Waals surface area contributed by atoms with Gasteiger partial charge in [0.25, 0.3) is 0 Å². The van der Waals surface area contributed by atoms with E-state index in [1.165, 1.54) is 16.7 Å². The Bertz CT molecular complexity index is 1990. The first-order valence-electron chi connectivity index (χ1n) is 18.6. The lowest BCUT2D eigenvalue weighted by molar-refractivity contribution is 0.302. The molecule has 2 aliphatic rings. The van der Waals surface area contributed by atoms with Crippen LogP contribution in [0.3, 0.4) is 0 Å². The van der Waals surface area contributed by atoms with Gasteiger partial charge in [0.05, 0.1) is 6.33 Å². The first kappa shape index (κ1) is 36.1. The first-order chi connectivity index (χ1) is 26.1. The Morgan fingerprint density at radius 3 is 1.62 bits per heavy atom. The normalized spacial score (nSPS) is 16.4. The lowest BCUT2D eigenvalue weighted by Gasteiger charge is -2.42. The van der Waals surface area contributed by atoms with Gasteiger partial charge in [-0.15, -0.1) is 0 Å². The summed E-state index contributed by atoms with van der Waals surface area (Å²) >= 11 is 0. The van der Waals surface area contributed by atoms with E-state index < -0.39 is 0 Å². The lowest BCUT2D eigenvalue weighted by Crippen LogP contribution is -2.47. The zero-order valence-electron chi connectivity index (χ0n) is 30.3. The number of hydrogen-bond donors (Lipinski definition) is 4. The van der Waals surface area contributed by atoms with E-state index in [2.05, 4.69) is 103 Å². The number of imidazole rings is 1. The number of H-pyrrole nitrogens is 1. The van der Waals surface area contributed by atoms with Gasteiger partial charge in [-0.05, 0) is 85.3 Å². The molecule has 2 aliphatic heterocycles. The maximum Gasteiger partial charge on any atom is 0.182 e. The molecule has 8 rings (SSSR count). The third kappa shape index (κ3) is 8.52. The molecular formula is C43H50N8O2. The highest BCUT2D eigenvalue weighted by molar-refractivity contribution is 5.82. The van der Waals surface area contributed by atoms with Crippen LogP contribution in [-0.2, 0) is 24.0 Å². The topological polar surface area (TPSA) is 140 Å². The molecule has 0 radical (unpaired) electrons. The predicted molar refractivity (Wildman–Crippen MR) is 211 cm³/mol. The molecule has 0 aliphatic carbocycles. The van der Waals surface area contributed by atoms with Crippen LogP contribution in [0.15, 0.2) is 122 Å². The lowest BCUT2D eigenvalue weighted by atomic mass is 9.73. The summed E-state index contributed by atoms with van der Waals surface area (Å²) in [5.74, 6) is 2.70. The fourth-order valence-electron chi connectivity index (χ4n) is 7.56. The van der Waals surface area contributed by atoms with E-state index in [0.29, 0.717) is 32.0 Å². The van der Waals surface area contributed by atoms with Crippen molar-refractivity contribution < 1.29 is 9.47 Å². The number of hydrogen-bond acceptors (Lipinski definition) is 9. The van der Waals surface area contributed by atoms with Crippen LogP contribution in [0.4, 0.5) is 5.82 Å². The molecule has 0 bridgehead atoms. The summed E-state index contributed by atoms with van der Waals surface area (Å²) in [6.07, 6.45) is 7.39. The van der Waals surface area contributed by atoms with Crippen LogP contribution in [0.5, 0.6) is 11.5 Å². The minimum atomic E-state index is -0.0331. The average Bonchev–Trinajstić information content (AvgIpc) is 3.74. The maximum atomic E-state index is 6.31. The van der Waals surface area contributed by atoms with Crippen molar-refractivity contribution in [2.45, 2.75) is 49.7 Å². The molecule has 6 aromatic rings. The molecule has 53 heavy (non-hydrogen) atoms. The number of anilines is 1. The highest BCUT2D eigenvalue weighted by atomic mass is 16.5. The fraction of sp³-hybridized carbons (Fsp3) is 0.326. The van der Waals surface area contributed by atoms with Crippen molar-refractivity contribution in [3.63, 3.8) is 0 Å². The van der Waals surface area contributed by atoms with Crippen molar-refractivity contribution >= 4 is 17.0 Å². The van der Waals surface area contributed by atoms with Gasteiger partial charge in [-0.1, -0.05) is 84.9 Å². The van der Waals surface area contributed by atoms with Crippen molar-refractivity contribution in [3.8, 4) is 11.5 Å². The van der Waals surface area contributed by atoms with Crippen LogP contribution >= 0.6 is 0 Å². The summed E-state index contributed by atoms with van der Waals surface area (Å²) in [7, 11) is 0. The number of aromatic amines is 1. The van der Waals surface area contributed by atoms with E-state index in [0.717, 1.165) is 80.3 Å². The summed E-state index contributed by atoms with van der Waals surface area (Å²) < 4.78 is 11.8. The Labute approximate surface area is 312 Å².